The summed E-state index contributed by atoms with van der Waals surface area (Å²) < 4.78 is 0. The standard InChI is InChI=1S/C14H24N2O3/c1-14(13(18)19)6-7-16(9-14)12(17)11-5-3-2-4-10(11)8-15/h10-11H,2-9,15H2,1H3,(H,18,19). The molecular weight excluding hydrogens is 244 g/mol. The van der Waals surface area contributed by atoms with E-state index in [4.69, 9.17) is 5.73 Å². The quantitative estimate of drug-likeness (QED) is 0.802. The maximum Gasteiger partial charge on any atom is 0.311 e. The van der Waals surface area contributed by atoms with Crippen molar-refractivity contribution < 1.29 is 14.7 Å². The van der Waals surface area contributed by atoms with E-state index >= 15 is 0 Å². The van der Waals surface area contributed by atoms with E-state index in [9.17, 15) is 14.7 Å². The second-order valence-corrected chi connectivity index (χ2v) is 6.26. The molecular formula is C14H24N2O3. The van der Waals surface area contributed by atoms with Gasteiger partial charge in [-0.3, -0.25) is 9.59 Å². The Kier molecular flexibility index (Phi) is 4.13. The van der Waals surface area contributed by atoms with Crippen LogP contribution in [-0.2, 0) is 9.59 Å². The van der Waals surface area contributed by atoms with Crippen LogP contribution in [0.15, 0.2) is 0 Å². The fraction of sp³-hybridized carbons (Fsp3) is 0.857. The molecule has 0 bridgehead atoms. The number of carboxylic acids is 1. The molecule has 2 rings (SSSR count). The molecule has 0 aromatic heterocycles. The van der Waals surface area contributed by atoms with Gasteiger partial charge in [0.2, 0.25) is 5.91 Å². The van der Waals surface area contributed by atoms with Crippen LogP contribution in [0.5, 0.6) is 0 Å². The van der Waals surface area contributed by atoms with Crippen molar-refractivity contribution in [1.29, 1.82) is 0 Å². The van der Waals surface area contributed by atoms with Gasteiger partial charge in [-0.2, -0.15) is 0 Å². The van der Waals surface area contributed by atoms with Gasteiger partial charge < -0.3 is 15.7 Å². The SMILES string of the molecule is CC1(C(=O)O)CCN(C(=O)C2CCCCC2CN)C1. The zero-order chi connectivity index (χ0) is 14.0. The largest absolute Gasteiger partial charge is 0.481 e. The maximum atomic E-state index is 12.6. The first kappa shape index (κ1) is 14.3. The van der Waals surface area contributed by atoms with Crippen molar-refractivity contribution in [2.24, 2.45) is 23.0 Å². The molecule has 5 heteroatoms. The fourth-order valence-electron chi connectivity index (χ4n) is 3.37. The van der Waals surface area contributed by atoms with Gasteiger partial charge in [-0.25, -0.2) is 0 Å². The molecule has 3 N–H and O–H groups in total. The summed E-state index contributed by atoms with van der Waals surface area (Å²) in [5, 5.41) is 9.22. The minimum atomic E-state index is -0.804. The van der Waals surface area contributed by atoms with Crippen LogP contribution >= 0.6 is 0 Å². The number of amides is 1. The zero-order valence-electron chi connectivity index (χ0n) is 11.6. The van der Waals surface area contributed by atoms with Crippen LogP contribution in [0.1, 0.15) is 39.0 Å². The average Bonchev–Trinajstić information content (AvgIpc) is 2.82. The van der Waals surface area contributed by atoms with Gasteiger partial charge in [-0.1, -0.05) is 12.8 Å². The van der Waals surface area contributed by atoms with Crippen LogP contribution < -0.4 is 5.73 Å². The van der Waals surface area contributed by atoms with Crippen molar-refractivity contribution in [1.82, 2.24) is 4.90 Å². The number of hydrogen-bond acceptors (Lipinski definition) is 3. The smallest absolute Gasteiger partial charge is 0.311 e. The zero-order valence-corrected chi connectivity index (χ0v) is 11.6. The molecule has 0 radical (unpaired) electrons. The Bertz CT molecular complexity index is 372. The lowest BCUT2D eigenvalue weighted by atomic mass is 9.78. The Hall–Kier alpha value is -1.10. The summed E-state index contributed by atoms with van der Waals surface area (Å²) in [5.41, 5.74) is 4.99. The van der Waals surface area contributed by atoms with E-state index < -0.39 is 11.4 Å². The summed E-state index contributed by atoms with van der Waals surface area (Å²) in [6.45, 7) is 3.19. The molecule has 0 spiro atoms. The lowest BCUT2D eigenvalue weighted by molar-refractivity contribution is -0.147. The minimum Gasteiger partial charge on any atom is -0.481 e. The van der Waals surface area contributed by atoms with E-state index in [-0.39, 0.29) is 17.7 Å². The third-order valence-electron chi connectivity index (χ3n) is 4.83. The number of hydrogen-bond donors (Lipinski definition) is 2. The van der Waals surface area contributed by atoms with Gasteiger partial charge in [0.15, 0.2) is 0 Å². The number of nitrogens with two attached hydrogens (primary N) is 1. The van der Waals surface area contributed by atoms with Crippen LogP contribution in [0.2, 0.25) is 0 Å². The van der Waals surface area contributed by atoms with Gasteiger partial charge in [0.25, 0.3) is 0 Å². The van der Waals surface area contributed by atoms with Crippen LogP contribution in [0, 0.1) is 17.3 Å². The summed E-state index contributed by atoms with van der Waals surface area (Å²) in [6.07, 6.45) is 4.71. The van der Waals surface area contributed by atoms with Gasteiger partial charge in [-0.15, -0.1) is 0 Å². The highest BCUT2D eigenvalue weighted by Gasteiger charge is 2.44. The summed E-state index contributed by atoms with van der Waals surface area (Å²) in [5.74, 6) is -0.394. The van der Waals surface area contributed by atoms with Gasteiger partial charge in [0.05, 0.1) is 5.41 Å². The van der Waals surface area contributed by atoms with Crippen molar-refractivity contribution in [2.45, 2.75) is 39.0 Å². The molecule has 2 aliphatic rings. The van der Waals surface area contributed by atoms with Gasteiger partial charge in [-0.05, 0) is 38.6 Å². The van der Waals surface area contributed by atoms with Crippen LogP contribution in [0.25, 0.3) is 0 Å². The van der Waals surface area contributed by atoms with E-state index in [2.05, 4.69) is 0 Å². The number of rotatable bonds is 3. The van der Waals surface area contributed by atoms with Gasteiger partial charge in [0.1, 0.15) is 0 Å². The molecule has 1 saturated heterocycles. The molecule has 2 fully saturated rings. The highest BCUT2D eigenvalue weighted by Crippen LogP contribution is 2.35. The Labute approximate surface area is 114 Å². The van der Waals surface area contributed by atoms with Crippen molar-refractivity contribution in [3.8, 4) is 0 Å². The molecule has 3 unspecified atom stereocenters. The Morgan fingerprint density at radius 3 is 2.63 bits per heavy atom. The minimum absolute atomic E-state index is 0.00916. The fourth-order valence-corrected chi connectivity index (χ4v) is 3.37. The first-order valence-electron chi connectivity index (χ1n) is 7.20. The Morgan fingerprint density at radius 1 is 1.37 bits per heavy atom. The summed E-state index contributed by atoms with van der Waals surface area (Å²) >= 11 is 0. The number of likely N-dealkylation sites (tertiary alicyclic amines) is 1. The van der Waals surface area contributed by atoms with Crippen molar-refractivity contribution in [3.63, 3.8) is 0 Å². The van der Waals surface area contributed by atoms with E-state index in [0.717, 1.165) is 25.7 Å². The third-order valence-corrected chi connectivity index (χ3v) is 4.83. The molecule has 1 saturated carbocycles. The first-order chi connectivity index (χ1) is 8.98. The second kappa shape index (κ2) is 5.49. The molecule has 5 nitrogen and oxygen atoms in total. The Balaban J connectivity index is 2.02. The van der Waals surface area contributed by atoms with E-state index in [1.807, 2.05) is 0 Å². The highest BCUT2D eigenvalue weighted by molar-refractivity contribution is 5.82. The number of carboxylic acid groups (broad SMARTS) is 1. The number of nitrogens with zero attached hydrogens (tertiary/aromatic N) is 1. The lowest BCUT2D eigenvalue weighted by Crippen LogP contribution is -2.42. The normalized spacial score (nSPS) is 35.4. The highest BCUT2D eigenvalue weighted by atomic mass is 16.4. The predicted molar refractivity (Wildman–Crippen MR) is 71.4 cm³/mol. The summed E-state index contributed by atoms with van der Waals surface area (Å²) in [4.78, 5) is 25.5. The van der Waals surface area contributed by atoms with Crippen LogP contribution in [-0.4, -0.2) is 41.5 Å². The molecule has 0 aromatic carbocycles. The molecule has 1 aliphatic carbocycles. The summed E-state index contributed by atoms with van der Waals surface area (Å²) in [6, 6.07) is 0. The van der Waals surface area contributed by atoms with Gasteiger partial charge >= 0.3 is 5.97 Å². The van der Waals surface area contributed by atoms with Gasteiger partial charge in [0, 0.05) is 19.0 Å². The molecule has 1 amide bonds. The average molecular weight is 268 g/mol. The first-order valence-corrected chi connectivity index (χ1v) is 7.20. The molecule has 0 aromatic rings. The third kappa shape index (κ3) is 2.76. The van der Waals surface area contributed by atoms with Crippen molar-refractivity contribution >= 4 is 11.9 Å². The van der Waals surface area contributed by atoms with E-state index in [0.29, 0.717) is 26.1 Å². The van der Waals surface area contributed by atoms with Crippen LogP contribution in [0.3, 0.4) is 0 Å². The van der Waals surface area contributed by atoms with E-state index in [1.165, 1.54) is 0 Å². The van der Waals surface area contributed by atoms with Crippen molar-refractivity contribution in [2.75, 3.05) is 19.6 Å². The van der Waals surface area contributed by atoms with Crippen molar-refractivity contribution in [3.05, 3.63) is 0 Å². The topological polar surface area (TPSA) is 83.6 Å². The number of carbonyl (C=O) groups is 2. The predicted octanol–water partition coefficient (Wildman–Crippen LogP) is 1.07. The van der Waals surface area contributed by atoms with E-state index in [1.54, 1.807) is 11.8 Å². The number of aliphatic carboxylic acids is 1. The molecule has 3 atom stereocenters. The maximum absolute atomic E-state index is 12.6. The Morgan fingerprint density at radius 2 is 2.05 bits per heavy atom. The molecule has 1 aliphatic heterocycles. The molecule has 1 heterocycles. The molecule has 108 valence electrons. The van der Waals surface area contributed by atoms with Crippen LogP contribution in [0.4, 0.5) is 0 Å². The monoisotopic (exact) mass is 268 g/mol. The lowest BCUT2D eigenvalue weighted by Gasteiger charge is -2.33. The number of carbonyl (C=O) groups excluding carboxylic acids is 1. The summed E-state index contributed by atoms with van der Waals surface area (Å²) in [7, 11) is 0. The molecule has 19 heavy (non-hydrogen) atoms. The second-order valence-electron chi connectivity index (χ2n) is 6.26.